The number of hydrogen-bond donors (Lipinski definition) is 4. The number of alkyl halides is 3. The number of aliphatic imine (C=N–C) groups is 1. The van der Waals surface area contributed by atoms with Crippen molar-refractivity contribution in [2.75, 3.05) is 11.9 Å². The molecule has 0 saturated heterocycles. The minimum Gasteiger partial charge on any atom is -0.475 e. The predicted molar refractivity (Wildman–Crippen MR) is 109 cm³/mol. The van der Waals surface area contributed by atoms with Crippen molar-refractivity contribution in [3.63, 3.8) is 0 Å². The minimum atomic E-state index is -5.08. The summed E-state index contributed by atoms with van der Waals surface area (Å²) < 4.78 is 36.9. The number of carbonyl (C=O) groups is 2. The van der Waals surface area contributed by atoms with Gasteiger partial charge in [0.25, 0.3) is 0 Å². The van der Waals surface area contributed by atoms with E-state index in [2.05, 4.69) is 10.3 Å². The number of benzene rings is 1. The van der Waals surface area contributed by atoms with Gasteiger partial charge in [0.15, 0.2) is 5.96 Å². The number of aryl methyl sites for hydroxylation is 1. The lowest BCUT2D eigenvalue weighted by Crippen LogP contribution is -2.22. The number of carboxylic acid groups (broad SMARTS) is 1. The third-order valence-electron chi connectivity index (χ3n) is 3.83. The first kappa shape index (κ1) is 25.5. The topological polar surface area (TPSA) is 161 Å². The number of hydrogen-bond acceptors (Lipinski definition) is 5. The van der Waals surface area contributed by atoms with E-state index in [0.717, 1.165) is 30.2 Å². The lowest BCUT2D eigenvalue weighted by atomic mass is 10.1. The second kappa shape index (κ2) is 11.6. The summed E-state index contributed by atoms with van der Waals surface area (Å²) in [6.45, 7) is 2.42. The van der Waals surface area contributed by atoms with Gasteiger partial charge in [-0.3, -0.25) is 9.79 Å². The van der Waals surface area contributed by atoms with Gasteiger partial charge in [0.1, 0.15) is 5.58 Å². The first-order valence-electron chi connectivity index (χ1n) is 9.10. The van der Waals surface area contributed by atoms with Gasteiger partial charge < -0.3 is 26.3 Å². The van der Waals surface area contributed by atoms with Crippen LogP contribution in [0.25, 0.3) is 11.0 Å². The van der Waals surface area contributed by atoms with Gasteiger partial charge in [-0.1, -0.05) is 6.42 Å². The summed E-state index contributed by atoms with van der Waals surface area (Å²) in [5, 5.41) is 10.8. The molecule has 1 amide bonds. The Bertz CT molecular complexity index is 998. The van der Waals surface area contributed by atoms with Crippen LogP contribution in [0.1, 0.15) is 31.2 Å². The maximum atomic E-state index is 12.0. The molecular formula is C19H23F3N4O5. The number of carboxylic acids is 1. The number of guanidine groups is 1. The van der Waals surface area contributed by atoms with Crippen LogP contribution in [0, 0.1) is 6.92 Å². The Balaban J connectivity index is 0.000000592. The first-order chi connectivity index (χ1) is 14.4. The van der Waals surface area contributed by atoms with E-state index >= 15 is 0 Å². The molecule has 0 saturated carbocycles. The molecule has 2 aromatic rings. The van der Waals surface area contributed by atoms with Crippen LogP contribution in [-0.2, 0) is 9.59 Å². The van der Waals surface area contributed by atoms with Crippen LogP contribution in [0.5, 0.6) is 0 Å². The molecule has 9 nitrogen and oxygen atoms in total. The van der Waals surface area contributed by atoms with Gasteiger partial charge in [0.2, 0.25) is 5.91 Å². The summed E-state index contributed by atoms with van der Waals surface area (Å²) in [5.74, 6) is -2.75. The van der Waals surface area contributed by atoms with Gasteiger partial charge in [-0.05, 0) is 37.5 Å². The number of fused-ring (bicyclic) bond motifs is 1. The van der Waals surface area contributed by atoms with Crippen LogP contribution < -0.4 is 22.4 Å². The van der Waals surface area contributed by atoms with E-state index in [1.54, 1.807) is 12.1 Å². The Morgan fingerprint density at radius 1 is 1.16 bits per heavy atom. The fraction of sp³-hybridized carbons (Fsp3) is 0.368. The molecule has 0 aliphatic heterocycles. The minimum absolute atomic E-state index is 0.0776. The number of nitrogens with zero attached hydrogens (tertiary/aromatic N) is 1. The van der Waals surface area contributed by atoms with E-state index in [1.807, 2.05) is 13.0 Å². The van der Waals surface area contributed by atoms with E-state index in [-0.39, 0.29) is 11.9 Å². The Hall–Kier alpha value is -3.57. The van der Waals surface area contributed by atoms with Crippen molar-refractivity contribution >= 4 is 34.5 Å². The zero-order valence-corrected chi connectivity index (χ0v) is 16.7. The van der Waals surface area contributed by atoms with Crippen LogP contribution in [0.3, 0.4) is 0 Å². The summed E-state index contributed by atoms with van der Waals surface area (Å²) in [4.78, 5) is 36.2. The van der Waals surface area contributed by atoms with E-state index in [0.29, 0.717) is 24.2 Å². The SMILES string of the molecule is Cc1cc(=O)oc2cc(NC(=O)CCCCCN=C(N)N)ccc12.O=C(O)C(F)(F)F. The Morgan fingerprint density at radius 3 is 2.39 bits per heavy atom. The van der Waals surface area contributed by atoms with Gasteiger partial charge in [-0.2, -0.15) is 13.2 Å². The summed E-state index contributed by atoms with van der Waals surface area (Å²) in [6.07, 6.45) is -2.20. The molecule has 0 spiro atoms. The number of nitrogens with two attached hydrogens (primary N) is 2. The van der Waals surface area contributed by atoms with E-state index < -0.39 is 17.8 Å². The second-order valence-electron chi connectivity index (χ2n) is 6.43. The molecule has 1 aromatic heterocycles. The zero-order chi connectivity index (χ0) is 23.6. The molecule has 6 N–H and O–H groups in total. The highest BCUT2D eigenvalue weighted by Gasteiger charge is 2.38. The standard InChI is InChI=1S/C17H22N4O3.C2HF3O2/c1-11-9-16(23)24-14-10-12(6-7-13(11)14)21-15(22)5-3-2-4-8-20-17(18)19;3-2(4,5)1(6)7/h6-7,9-10H,2-5,8H2,1H3,(H,21,22)(H4,18,19,20);(H,6,7). The average molecular weight is 444 g/mol. The molecule has 12 heteroatoms. The Labute approximate surface area is 174 Å². The number of rotatable bonds is 7. The molecule has 0 aliphatic rings. The highest BCUT2D eigenvalue weighted by molar-refractivity contribution is 5.93. The van der Waals surface area contributed by atoms with Crippen molar-refractivity contribution in [1.29, 1.82) is 0 Å². The van der Waals surface area contributed by atoms with Crippen LogP contribution >= 0.6 is 0 Å². The van der Waals surface area contributed by atoms with Crippen molar-refractivity contribution in [3.8, 4) is 0 Å². The van der Waals surface area contributed by atoms with Crippen LogP contribution in [0.2, 0.25) is 0 Å². The quantitative estimate of drug-likeness (QED) is 0.221. The number of aliphatic carboxylic acids is 1. The lowest BCUT2D eigenvalue weighted by molar-refractivity contribution is -0.192. The normalized spacial score (nSPS) is 10.7. The molecule has 0 radical (unpaired) electrons. The fourth-order valence-electron chi connectivity index (χ4n) is 2.41. The van der Waals surface area contributed by atoms with Gasteiger partial charge in [-0.15, -0.1) is 0 Å². The molecule has 2 rings (SSSR count). The monoisotopic (exact) mass is 444 g/mol. The molecule has 170 valence electrons. The zero-order valence-electron chi connectivity index (χ0n) is 16.7. The molecule has 0 unspecified atom stereocenters. The van der Waals surface area contributed by atoms with E-state index in [4.69, 9.17) is 25.8 Å². The third-order valence-corrected chi connectivity index (χ3v) is 3.83. The van der Waals surface area contributed by atoms with Gasteiger partial charge >= 0.3 is 17.8 Å². The van der Waals surface area contributed by atoms with Crippen LogP contribution in [0.15, 0.2) is 38.5 Å². The Kier molecular flexibility index (Phi) is 9.51. The number of unbranched alkanes of at least 4 members (excludes halogenated alkanes) is 2. The third kappa shape index (κ3) is 9.65. The second-order valence-corrected chi connectivity index (χ2v) is 6.43. The van der Waals surface area contributed by atoms with Crippen molar-refractivity contribution in [3.05, 3.63) is 40.2 Å². The molecule has 0 bridgehead atoms. The molecule has 0 fully saturated rings. The largest absolute Gasteiger partial charge is 0.490 e. The molecular weight excluding hydrogens is 421 g/mol. The molecule has 1 heterocycles. The van der Waals surface area contributed by atoms with Crippen molar-refractivity contribution in [2.24, 2.45) is 16.5 Å². The van der Waals surface area contributed by atoms with Gasteiger partial charge in [0.05, 0.1) is 0 Å². The van der Waals surface area contributed by atoms with Crippen LogP contribution in [-0.4, -0.2) is 35.7 Å². The van der Waals surface area contributed by atoms with E-state index in [1.165, 1.54) is 6.07 Å². The molecule has 0 aliphatic carbocycles. The Morgan fingerprint density at radius 2 is 1.81 bits per heavy atom. The maximum Gasteiger partial charge on any atom is 0.490 e. The van der Waals surface area contributed by atoms with Crippen molar-refractivity contribution in [2.45, 2.75) is 38.8 Å². The van der Waals surface area contributed by atoms with Crippen LogP contribution in [0.4, 0.5) is 18.9 Å². The average Bonchev–Trinajstić information content (AvgIpc) is 2.63. The van der Waals surface area contributed by atoms with Gasteiger partial charge in [0, 0.05) is 36.2 Å². The van der Waals surface area contributed by atoms with Crippen molar-refractivity contribution < 1.29 is 32.3 Å². The summed E-state index contributed by atoms with van der Waals surface area (Å²) in [5.41, 5.74) is 12.0. The first-order valence-corrected chi connectivity index (χ1v) is 9.10. The number of anilines is 1. The number of amides is 1. The number of carbonyl (C=O) groups excluding carboxylic acids is 1. The smallest absolute Gasteiger partial charge is 0.475 e. The lowest BCUT2D eigenvalue weighted by Gasteiger charge is -2.07. The summed E-state index contributed by atoms with van der Waals surface area (Å²) in [7, 11) is 0. The number of nitrogens with one attached hydrogen (secondary N) is 1. The molecule has 1 aromatic carbocycles. The fourth-order valence-corrected chi connectivity index (χ4v) is 2.41. The number of halogens is 3. The van der Waals surface area contributed by atoms with Crippen molar-refractivity contribution in [1.82, 2.24) is 0 Å². The summed E-state index contributed by atoms with van der Waals surface area (Å²) in [6, 6.07) is 6.74. The predicted octanol–water partition coefficient (Wildman–Crippen LogP) is 2.51. The highest BCUT2D eigenvalue weighted by atomic mass is 19.4. The highest BCUT2D eigenvalue weighted by Crippen LogP contribution is 2.21. The van der Waals surface area contributed by atoms with E-state index in [9.17, 15) is 22.8 Å². The van der Waals surface area contributed by atoms with Gasteiger partial charge in [-0.25, -0.2) is 9.59 Å². The summed E-state index contributed by atoms with van der Waals surface area (Å²) >= 11 is 0. The molecule has 0 atom stereocenters. The molecule has 31 heavy (non-hydrogen) atoms. The maximum absolute atomic E-state index is 12.0.